The predicted molar refractivity (Wildman–Crippen MR) is 95.9 cm³/mol. The highest BCUT2D eigenvalue weighted by molar-refractivity contribution is 7.99. The van der Waals surface area contributed by atoms with E-state index in [1.807, 2.05) is 31.7 Å². The lowest BCUT2D eigenvalue weighted by Crippen LogP contribution is -2.45. The van der Waals surface area contributed by atoms with Crippen LogP contribution in [0.2, 0.25) is 0 Å². The molecule has 128 valence electrons. The Kier molecular flexibility index (Phi) is 7.52. The van der Waals surface area contributed by atoms with Crippen LogP contribution in [0.4, 0.5) is 4.39 Å². The second-order valence-corrected chi connectivity index (χ2v) is 6.60. The van der Waals surface area contributed by atoms with Gasteiger partial charge >= 0.3 is 0 Å². The minimum atomic E-state index is -0.332. The van der Waals surface area contributed by atoms with Crippen molar-refractivity contribution in [2.24, 2.45) is 4.99 Å². The summed E-state index contributed by atoms with van der Waals surface area (Å²) in [5, 5.41) is 6.73. The molecule has 1 saturated heterocycles. The molecule has 1 aromatic rings. The summed E-state index contributed by atoms with van der Waals surface area (Å²) in [5.41, 5.74) is 0.834. The van der Waals surface area contributed by atoms with Gasteiger partial charge in [0.25, 0.3) is 0 Å². The molecule has 1 atom stereocenters. The lowest BCUT2D eigenvalue weighted by Gasteiger charge is -2.24. The van der Waals surface area contributed by atoms with Crippen molar-refractivity contribution in [3.05, 3.63) is 29.6 Å². The molecule has 0 radical (unpaired) electrons. The molecule has 1 aromatic carbocycles. The average Bonchev–Trinajstić information content (AvgIpc) is 2.56. The number of ether oxygens (including phenoxy) is 1. The summed E-state index contributed by atoms with van der Waals surface area (Å²) in [6, 6.07) is 5.48. The van der Waals surface area contributed by atoms with Crippen molar-refractivity contribution >= 4 is 17.7 Å². The largest absolute Gasteiger partial charge is 0.491 e. The summed E-state index contributed by atoms with van der Waals surface area (Å²) in [4.78, 5) is 4.57. The summed E-state index contributed by atoms with van der Waals surface area (Å²) in [6.45, 7) is 5.60. The molecule has 2 rings (SSSR count). The zero-order valence-electron chi connectivity index (χ0n) is 13.9. The smallest absolute Gasteiger partial charge is 0.191 e. The molecule has 0 aliphatic carbocycles. The van der Waals surface area contributed by atoms with Crippen molar-refractivity contribution in [3.63, 3.8) is 0 Å². The Balaban J connectivity index is 1.97. The fourth-order valence-electron chi connectivity index (χ4n) is 2.45. The van der Waals surface area contributed by atoms with Crippen LogP contribution < -0.4 is 15.4 Å². The molecule has 1 unspecified atom stereocenters. The van der Waals surface area contributed by atoms with E-state index in [1.165, 1.54) is 24.7 Å². The van der Waals surface area contributed by atoms with Crippen LogP contribution in [0.5, 0.6) is 5.75 Å². The molecule has 4 nitrogen and oxygen atoms in total. The zero-order valence-corrected chi connectivity index (χ0v) is 14.7. The Bertz CT molecular complexity index is 519. The van der Waals surface area contributed by atoms with E-state index in [-0.39, 0.29) is 5.82 Å². The van der Waals surface area contributed by atoms with E-state index in [0.29, 0.717) is 24.9 Å². The number of nitrogens with one attached hydrogen (secondary N) is 2. The fraction of sp³-hybridized carbons (Fsp3) is 0.588. The van der Waals surface area contributed by atoms with E-state index in [1.54, 1.807) is 6.07 Å². The van der Waals surface area contributed by atoms with Crippen molar-refractivity contribution in [1.82, 2.24) is 10.6 Å². The van der Waals surface area contributed by atoms with E-state index in [2.05, 4.69) is 15.6 Å². The number of nitrogens with zero attached hydrogens (tertiary/aromatic N) is 1. The highest BCUT2D eigenvalue weighted by Gasteiger charge is 2.14. The third kappa shape index (κ3) is 5.94. The van der Waals surface area contributed by atoms with Gasteiger partial charge in [0.2, 0.25) is 0 Å². The summed E-state index contributed by atoms with van der Waals surface area (Å²) in [7, 11) is 0. The Labute approximate surface area is 142 Å². The van der Waals surface area contributed by atoms with Crippen molar-refractivity contribution in [2.45, 2.75) is 39.3 Å². The number of thioether (sulfide) groups is 1. The average molecular weight is 339 g/mol. The molecule has 1 fully saturated rings. The van der Waals surface area contributed by atoms with Gasteiger partial charge < -0.3 is 15.4 Å². The quantitative estimate of drug-likeness (QED) is 0.617. The van der Waals surface area contributed by atoms with Gasteiger partial charge in [-0.05, 0) is 50.1 Å². The zero-order chi connectivity index (χ0) is 16.5. The first-order valence-corrected chi connectivity index (χ1v) is 9.42. The molecule has 0 bridgehead atoms. The third-order valence-electron chi connectivity index (χ3n) is 3.56. The lowest BCUT2D eigenvalue weighted by molar-refractivity contribution is 0.321. The summed E-state index contributed by atoms with van der Waals surface area (Å²) >= 11 is 1.98. The summed E-state index contributed by atoms with van der Waals surface area (Å²) in [5.74, 6) is 3.12. The fourth-order valence-corrected chi connectivity index (χ4v) is 3.53. The molecule has 1 aliphatic heterocycles. The van der Waals surface area contributed by atoms with E-state index in [4.69, 9.17) is 4.74 Å². The number of hydrogen-bond acceptors (Lipinski definition) is 3. The van der Waals surface area contributed by atoms with Gasteiger partial charge in [0.05, 0.1) is 13.2 Å². The number of hydrogen-bond donors (Lipinski definition) is 2. The van der Waals surface area contributed by atoms with Crippen LogP contribution in [0, 0.1) is 5.82 Å². The SMILES string of the molecule is CCNC(=NCc1ccc(OCC)c(F)c1)NC1CCCSC1. The summed E-state index contributed by atoms with van der Waals surface area (Å²) < 4.78 is 19.1. The van der Waals surface area contributed by atoms with E-state index in [9.17, 15) is 4.39 Å². The van der Waals surface area contributed by atoms with Gasteiger partial charge in [-0.25, -0.2) is 9.38 Å². The molecular weight excluding hydrogens is 313 g/mol. The first-order chi connectivity index (χ1) is 11.2. The van der Waals surface area contributed by atoms with Crippen molar-refractivity contribution in [2.75, 3.05) is 24.7 Å². The maximum Gasteiger partial charge on any atom is 0.191 e. The molecular formula is C17H26FN3OS. The van der Waals surface area contributed by atoms with Gasteiger partial charge in [-0.1, -0.05) is 6.07 Å². The first kappa shape index (κ1) is 17.9. The monoisotopic (exact) mass is 339 g/mol. The minimum Gasteiger partial charge on any atom is -0.491 e. The van der Waals surface area contributed by atoms with E-state index in [0.717, 1.165) is 23.8 Å². The third-order valence-corrected chi connectivity index (χ3v) is 4.78. The van der Waals surface area contributed by atoms with Gasteiger partial charge in [-0.15, -0.1) is 0 Å². The van der Waals surface area contributed by atoms with Crippen LogP contribution in [-0.4, -0.2) is 36.7 Å². The molecule has 0 spiro atoms. The number of guanidine groups is 1. The Morgan fingerprint density at radius 2 is 2.30 bits per heavy atom. The number of rotatable bonds is 6. The molecule has 0 amide bonds. The van der Waals surface area contributed by atoms with Gasteiger partial charge in [-0.2, -0.15) is 11.8 Å². The van der Waals surface area contributed by atoms with E-state index < -0.39 is 0 Å². The maximum atomic E-state index is 13.9. The molecule has 2 N–H and O–H groups in total. The Morgan fingerprint density at radius 3 is 2.96 bits per heavy atom. The first-order valence-electron chi connectivity index (χ1n) is 8.26. The van der Waals surface area contributed by atoms with Gasteiger partial charge in [0.15, 0.2) is 17.5 Å². The molecule has 1 aliphatic rings. The molecule has 1 heterocycles. The van der Waals surface area contributed by atoms with Gasteiger partial charge in [0.1, 0.15) is 0 Å². The minimum absolute atomic E-state index is 0.296. The van der Waals surface area contributed by atoms with Crippen LogP contribution >= 0.6 is 11.8 Å². The van der Waals surface area contributed by atoms with E-state index >= 15 is 0 Å². The molecule has 0 saturated carbocycles. The molecule has 6 heteroatoms. The number of benzene rings is 1. The normalized spacial score (nSPS) is 18.6. The Hall–Kier alpha value is -1.43. The van der Waals surface area contributed by atoms with Gasteiger partial charge in [0, 0.05) is 18.3 Å². The van der Waals surface area contributed by atoms with Crippen LogP contribution in [0.25, 0.3) is 0 Å². The number of aliphatic imine (C=N–C) groups is 1. The molecule has 23 heavy (non-hydrogen) atoms. The highest BCUT2D eigenvalue weighted by atomic mass is 32.2. The topological polar surface area (TPSA) is 45.7 Å². The van der Waals surface area contributed by atoms with Crippen molar-refractivity contribution in [3.8, 4) is 5.75 Å². The standard InChI is InChI=1S/C17H26FN3OS/c1-3-19-17(21-14-6-5-9-23-12-14)20-11-13-7-8-16(22-4-2)15(18)10-13/h7-8,10,14H,3-6,9,11-12H2,1-2H3,(H2,19,20,21). The van der Waals surface area contributed by atoms with Crippen molar-refractivity contribution in [1.29, 1.82) is 0 Å². The Morgan fingerprint density at radius 1 is 1.43 bits per heavy atom. The highest BCUT2D eigenvalue weighted by Crippen LogP contribution is 2.19. The van der Waals surface area contributed by atoms with Crippen molar-refractivity contribution < 1.29 is 9.13 Å². The lowest BCUT2D eigenvalue weighted by atomic mass is 10.2. The predicted octanol–water partition coefficient (Wildman–Crippen LogP) is 3.18. The van der Waals surface area contributed by atoms with Crippen LogP contribution in [0.15, 0.2) is 23.2 Å². The second-order valence-electron chi connectivity index (χ2n) is 5.45. The van der Waals surface area contributed by atoms with Crippen LogP contribution in [0.1, 0.15) is 32.3 Å². The maximum absolute atomic E-state index is 13.9. The van der Waals surface area contributed by atoms with Gasteiger partial charge in [-0.3, -0.25) is 0 Å². The molecule has 0 aromatic heterocycles. The summed E-state index contributed by atoms with van der Waals surface area (Å²) in [6.07, 6.45) is 2.42. The second kappa shape index (κ2) is 9.65. The van der Waals surface area contributed by atoms with Crippen LogP contribution in [0.3, 0.4) is 0 Å². The van der Waals surface area contributed by atoms with Crippen LogP contribution in [-0.2, 0) is 6.54 Å². The number of halogens is 1.